The first-order chi connectivity index (χ1) is 10.0. The van der Waals surface area contributed by atoms with Crippen molar-refractivity contribution in [2.75, 3.05) is 31.4 Å². The predicted molar refractivity (Wildman–Crippen MR) is 85.6 cm³/mol. The summed E-state index contributed by atoms with van der Waals surface area (Å²) < 4.78 is 5.08. The Morgan fingerprint density at radius 1 is 1.33 bits per heavy atom. The second kappa shape index (κ2) is 6.54. The predicted octanol–water partition coefficient (Wildman–Crippen LogP) is 3.13. The van der Waals surface area contributed by atoms with Crippen LogP contribution in [-0.4, -0.2) is 31.3 Å². The maximum Gasteiger partial charge on any atom is 0.162 e. The summed E-state index contributed by atoms with van der Waals surface area (Å²) in [5.41, 5.74) is 1.52. The van der Waals surface area contributed by atoms with Crippen molar-refractivity contribution in [2.24, 2.45) is 0 Å². The Bertz CT molecular complexity index is 615. The minimum absolute atomic E-state index is 0.0901. The van der Waals surface area contributed by atoms with Crippen molar-refractivity contribution in [1.29, 1.82) is 0 Å². The summed E-state index contributed by atoms with van der Waals surface area (Å²) in [7, 11) is 5.36. The second-order valence-electron chi connectivity index (χ2n) is 4.77. The van der Waals surface area contributed by atoms with Crippen LogP contribution in [0.4, 0.5) is 11.5 Å². The molecular formula is C15H18ClN3O2. The van der Waals surface area contributed by atoms with Crippen LogP contribution in [0.3, 0.4) is 0 Å². The molecule has 21 heavy (non-hydrogen) atoms. The van der Waals surface area contributed by atoms with Gasteiger partial charge in [0.1, 0.15) is 5.82 Å². The zero-order valence-electron chi connectivity index (χ0n) is 12.2. The average Bonchev–Trinajstić information content (AvgIpc) is 2.48. The maximum absolute atomic E-state index is 10.1. The third-order valence-corrected chi connectivity index (χ3v) is 3.25. The maximum atomic E-state index is 10.1. The fourth-order valence-corrected chi connectivity index (χ4v) is 2.10. The smallest absolute Gasteiger partial charge is 0.162 e. The van der Waals surface area contributed by atoms with Gasteiger partial charge in [-0.3, -0.25) is 0 Å². The number of anilines is 2. The van der Waals surface area contributed by atoms with Gasteiger partial charge in [0.15, 0.2) is 11.5 Å². The van der Waals surface area contributed by atoms with Crippen LogP contribution in [0.5, 0.6) is 11.5 Å². The summed E-state index contributed by atoms with van der Waals surface area (Å²) in [6.45, 7) is 0.422. The molecule has 0 bridgehead atoms. The van der Waals surface area contributed by atoms with Crippen LogP contribution < -0.4 is 15.0 Å². The number of aromatic hydroxyl groups is 1. The molecule has 0 aliphatic rings. The van der Waals surface area contributed by atoms with Gasteiger partial charge in [0.2, 0.25) is 0 Å². The van der Waals surface area contributed by atoms with Gasteiger partial charge in [-0.25, -0.2) is 4.98 Å². The summed E-state index contributed by atoms with van der Waals surface area (Å²) in [6, 6.07) is 7.13. The second-order valence-corrected chi connectivity index (χ2v) is 5.21. The molecule has 0 unspecified atom stereocenters. The van der Waals surface area contributed by atoms with Gasteiger partial charge in [-0.15, -0.1) is 0 Å². The Hall–Kier alpha value is -2.14. The van der Waals surface area contributed by atoms with Gasteiger partial charge < -0.3 is 20.1 Å². The van der Waals surface area contributed by atoms with E-state index in [2.05, 4.69) is 10.3 Å². The minimum Gasteiger partial charge on any atom is -0.504 e. The first kappa shape index (κ1) is 15.3. The molecular weight excluding hydrogens is 290 g/mol. The van der Waals surface area contributed by atoms with Crippen LogP contribution in [0.25, 0.3) is 0 Å². The molecule has 0 atom stereocenters. The van der Waals surface area contributed by atoms with Crippen molar-refractivity contribution in [3.8, 4) is 11.5 Å². The molecule has 112 valence electrons. The highest BCUT2D eigenvalue weighted by molar-refractivity contribution is 6.30. The van der Waals surface area contributed by atoms with Crippen molar-refractivity contribution in [2.45, 2.75) is 6.54 Å². The third-order valence-electron chi connectivity index (χ3n) is 3.03. The Morgan fingerprint density at radius 2 is 2.10 bits per heavy atom. The molecule has 1 aromatic carbocycles. The molecule has 2 N–H and O–H groups in total. The van der Waals surface area contributed by atoms with E-state index in [0.717, 1.165) is 11.5 Å². The Kier molecular flexibility index (Phi) is 4.75. The lowest BCUT2D eigenvalue weighted by Crippen LogP contribution is -2.10. The Morgan fingerprint density at radius 3 is 2.67 bits per heavy atom. The molecule has 2 aromatic rings. The van der Waals surface area contributed by atoms with Gasteiger partial charge in [0.25, 0.3) is 0 Å². The van der Waals surface area contributed by atoms with Gasteiger partial charge in [0, 0.05) is 37.3 Å². The summed E-state index contributed by atoms with van der Waals surface area (Å²) in [5, 5.41) is 13.8. The number of nitrogens with one attached hydrogen (secondary N) is 1. The number of hydrogen-bond acceptors (Lipinski definition) is 5. The number of hydrogen-bond donors (Lipinski definition) is 2. The lowest BCUT2D eigenvalue weighted by molar-refractivity contribution is 0.371. The minimum atomic E-state index is 0.0901. The molecule has 0 aliphatic carbocycles. The highest BCUT2D eigenvalue weighted by Gasteiger charge is 2.10. The van der Waals surface area contributed by atoms with Gasteiger partial charge in [-0.2, -0.15) is 0 Å². The van der Waals surface area contributed by atoms with Gasteiger partial charge in [0.05, 0.1) is 19.0 Å². The molecule has 0 saturated heterocycles. The summed E-state index contributed by atoms with van der Waals surface area (Å²) in [5.74, 6) is 1.33. The monoisotopic (exact) mass is 307 g/mol. The first-order valence-electron chi connectivity index (χ1n) is 6.44. The van der Waals surface area contributed by atoms with E-state index in [-0.39, 0.29) is 5.75 Å². The number of methoxy groups -OCH3 is 1. The average molecular weight is 308 g/mol. The van der Waals surface area contributed by atoms with E-state index in [9.17, 15) is 5.11 Å². The number of phenolic OH excluding ortho intramolecular Hbond substituents is 1. The SMILES string of the molecule is COc1cc(Cl)cc(CNc2ccc(N(C)C)nc2)c1O. The quantitative estimate of drug-likeness (QED) is 0.889. The highest BCUT2D eigenvalue weighted by Crippen LogP contribution is 2.33. The van der Waals surface area contributed by atoms with Gasteiger partial charge in [-0.1, -0.05) is 11.6 Å². The number of aromatic nitrogens is 1. The van der Waals surface area contributed by atoms with Crippen molar-refractivity contribution < 1.29 is 9.84 Å². The van der Waals surface area contributed by atoms with Crippen molar-refractivity contribution in [3.63, 3.8) is 0 Å². The van der Waals surface area contributed by atoms with Crippen molar-refractivity contribution in [3.05, 3.63) is 41.0 Å². The molecule has 0 saturated carbocycles. The fraction of sp³-hybridized carbons (Fsp3) is 0.267. The standard InChI is InChI=1S/C15H18ClN3O2/c1-19(2)14-5-4-12(9-18-14)17-8-10-6-11(16)7-13(21-3)15(10)20/h4-7,9,17,20H,8H2,1-3H3. The van der Waals surface area contributed by atoms with Crippen molar-refractivity contribution >= 4 is 23.1 Å². The molecule has 1 heterocycles. The van der Waals surface area contributed by atoms with E-state index in [1.165, 1.54) is 7.11 Å². The number of ether oxygens (including phenoxy) is 1. The van der Waals surface area contributed by atoms with E-state index in [1.54, 1.807) is 18.3 Å². The van der Waals surface area contributed by atoms with E-state index in [0.29, 0.717) is 22.9 Å². The molecule has 0 amide bonds. The van der Waals surface area contributed by atoms with Crippen LogP contribution >= 0.6 is 11.6 Å². The Labute approximate surface area is 129 Å². The third kappa shape index (κ3) is 3.70. The summed E-state index contributed by atoms with van der Waals surface area (Å²) in [4.78, 5) is 6.24. The zero-order valence-corrected chi connectivity index (χ0v) is 13.0. The molecule has 2 rings (SSSR count). The number of nitrogens with zero attached hydrogens (tertiary/aromatic N) is 2. The van der Waals surface area contributed by atoms with E-state index >= 15 is 0 Å². The van der Waals surface area contributed by atoms with E-state index < -0.39 is 0 Å². The van der Waals surface area contributed by atoms with Crippen LogP contribution in [0, 0.1) is 0 Å². The van der Waals surface area contributed by atoms with Gasteiger partial charge >= 0.3 is 0 Å². The van der Waals surface area contributed by atoms with Crippen LogP contribution in [0.2, 0.25) is 5.02 Å². The highest BCUT2D eigenvalue weighted by atomic mass is 35.5. The molecule has 0 fully saturated rings. The number of benzene rings is 1. The lowest BCUT2D eigenvalue weighted by Gasteiger charge is -2.13. The van der Waals surface area contributed by atoms with Crippen molar-refractivity contribution in [1.82, 2.24) is 4.98 Å². The number of rotatable bonds is 5. The zero-order chi connectivity index (χ0) is 15.4. The lowest BCUT2D eigenvalue weighted by atomic mass is 10.2. The Balaban J connectivity index is 2.11. The molecule has 6 heteroatoms. The number of halogens is 1. The fourth-order valence-electron chi connectivity index (χ4n) is 1.87. The topological polar surface area (TPSA) is 57.6 Å². The first-order valence-corrected chi connectivity index (χ1v) is 6.81. The van der Waals surface area contributed by atoms with Crippen LogP contribution in [0.1, 0.15) is 5.56 Å². The molecule has 0 radical (unpaired) electrons. The van der Waals surface area contributed by atoms with E-state index in [1.807, 2.05) is 31.1 Å². The number of phenols is 1. The van der Waals surface area contributed by atoms with E-state index in [4.69, 9.17) is 16.3 Å². The molecule has 1 aromatic heterocycles. The normalized spacial score (nSPS) is 10.3. The molecule has 0 aliphatic heterocycles. The molecule has 5 nitrogen and oxygen atoms in total. The van der Waals surface area contributed by atoms with Crippen LogP contribution in [-0.2, 0) is 6.54 Å². The summed E-state index contributed by atoms with van der Waals surface area (Å²) in [6.07, 6.45) is 1.74. The van der Waals surface area contributed by atoms with Crippen LogP contribution in [0.15, 0.2) is 30.5 Å². The largest absolute Gasteiger partial charge is 0.504 e. The van der Waals surface area contributed by atoms with Gasteiger partial charge in [-0.05, 0) is 18.2 Å². The summed E-state index contributed by atoms with van der Waals surface area (Å²) >= 11 is 6.00. The number of pyridine rings is 1. The molecule has 0 spiro atoms.